The molecule has 0 saturated carbocycles. The summed E-state index contributed by atoms with van der Waals surface area (Å²) >= 11 is 13.3. The number of hydrogen-bond acceptors (Lipinski definition) is 3. The van der Waals surface area contributed by atoms with Crippen LogP contribution in [0.15, 0.2) is 36.4 Å². The van der Waals surface area contributed by atoms with Crippen molar-refractivity contribution < 1.29 is 9.64 Å². The number of anilines is 1. The Morgan fingerprint density at radius 1 is 1.24 bits per heavy atom. The molecule has 4 nitrogen and oxygen atoms in total. The van der Waals surface area contributed by atoms with Gasteiger partial charge in [-0.2, -0.15) is 0 Å². The van der Waals surface area contributed by atoms with Gasteiger partial charge in [-0.1, -0.05) is 11.6 Å². The lowest BCUT2D eigenvalue weighted by molar-refractivity contribution is -0.917. The third kappa shape index (κ3) is 5.31. The summed E-state index contributed by atoms with van der Waals surface area (Å²) < 4.78 is 6.33. The van der Waals surface area contributed by atoms with Gasteiger partial charge in [0.25, 0.3) is 0 Å². The van der Waals surface area contributed by atoms with E-state index in [1.165, 1.54) is 4.88 Å². The lowest BCUT2D eigenvalue weighted by Gasteiger charge is -2.33. The third-order valence-corrected chi connectivity index (χ3v) is 5.82. The van der Waals surface area contributed by atoms with Gasteiger partial charge in [0.2, 0.25) is 0 Å². The number of rotatable bonds is 5. The summed E-state index contributed by atoms with van der Waals surface area (Å²) in [5, 5.41) is 4.12. The molecule has 0 aliphatic carbocycles. The molecule has 0 bridgehead atoms. The highest BCUT2D eigenvalue weighted by molar-refractivity contribution is 7.80. The Labute approximate surface area is 163 Å². The third-order valence-electron chi connectivity index (χ3n) is 4.23. The van der Waals surface area contributed by atoms with Crippen LogP contribution in [0.2, 0.25) is 4.34 Å². The van der Waals surface area contributed by atoms with E-state index in [2.05, 4.69) is 16.3 Å². The zero-order chi connectivity index (χ0) is 17.6. The summed E-state index contributed by atoms with van der Waals surface area (Å²) in [5.74, 6) is 0.880. The predicted octanol–water partition coefficient (Wildman–Crippen LogP) is 2.90. The lowest BCUT2D eigenvalue weighted by atomic mass is 10.3. The number of piperazine rings is 1. The molecule has 0 radical (unpaired) electrons. The highest BCUT2D eigenvalue weighted by atomic mass is 35.5. The second kappa shape index (κ2) is 8.85. The predicted molar refractivity (Wildman–Crippen MR) is 109 cm³/mol. The van der Waals surface area contributed by atoms with E-state index in [0.29, 0.717) is 6.61 Å². The molecule has 0 amide bonds. The first-order valence-corrected chi connectivity index (χ1v) is 10.1. The molecule has 1 aromatic carbocycles. The number of hydrogen-bond donors (Lipinski definition) is 2. The van der Waals surface area contributed by atoms with E-state index in [9.17, 15) is 0 Å². The highest BCUT2D eigenvalue weighted by Crippen LogP contribution is 2.20. The van der Waals surface area contributed by atoms with Crippen LogP contribution < -0.4 is 15.0 Å². The molecule has 2 N–H and O–H groups in total. The van der Waals surface area contributed by atoms with Crippen LogP contribution >= 0.6 is 35.2 Å². The van der Waals surface area contributed by atoms with Gasteiger partial charge < -0.3 is 19.9 Å². The summed E-state index contributed by atoms with van der Waals surface area (Å²) in [6.07, 6.45) is 0. The van der Waals surface area contributed by atoms with Gasteiger partial charge in [-0.3, -0.25) is 0 Å². The summed E-state index contributed by atoms with van der Waals surface area (Å²) in [6, 6.07) is 12.0. The van der Waals surface area contributed by atoms with Gasteiger partial charge in [-0.25, -0.2) is 0 Å². The van der Waals surface area contributed by atoms with Crippen molar-refractivity contribution in [2.75, 3.05) is 38.1 Å². The Bertz CT molecular complexity index is 697. The Balaban J connectivity index is 1.46. The Hall–Kier alpha value is -1.34. The first-order valence-electron chi connectivity index (χ1n) is 8.50. The maximum absolute atomic E-state index is 6.01. The first kappa shape index (κ1) is 18.5. The van der Waals surface area contributed by atoms with Gasteiger partial charge in [-0.15, -0.1) is 11.3 Å². The van der Waals surface area contributed by atoms with Crippen molar-refractivity contribution in [3.8, 4) is 5.75 Å². The van der Waals surface area contributed by atoms with Gasteiger partial charge in [0, 0.05) is 5.69 Å². The molecule has 3 rings (SSSR count). The van der Waals surface area contributed by atoms with Crippen molar-refractivity contribution in [1.29, 1.82) is 0 Å². The first-order chi connectivity index (χ1) is 12.1. The zero-order valence-electron chi connectivity index (χ0n) is 14.3. The molecule has 25 heavy (non-hydrogen) atoms. The average Bonchev–Trinajstić information content (AvgIpc) is 3.02. The Morgan fingerprint density at radius 2 is 1.96 bits per heavy atom. The average molecular weight is 397 g/mol. The Kier molecular flexibility index (Phi) is 6.53. The van der Waals surface area contributed by atoms with Crippen molar-refractivity contribution in [1.82, 2.24) is 4.90 Å². The van der Waals surface area contributed by atoms with E-state index in [1.807, 2.05) is 37.3 Å². The minimum Gasteiger partial charge on any atom is -0.494 e. The molecule has 1 aliphatic heterocycles. The molecule has 7 heteroatoms. The number of nitrogens with one attached hydrogen (secondary N) is 2. The molecular formula is C18H23ClN3OS2+. The molecule has 2 heterocycles. The SMILES string of the molecule is CCOc1ccc(NC(=S)N2CC[NH+](Cc3ccc(Cl)s3)CC2)cc1. The monoisotopic (exact) mass is 396 g/mol. The van der Waals surface area contributed by atoms with E-state index in [1.54, 1.807) is 16.2 Å². The summed E-state index contributed by atoms with van der Waals surface area (Å²) in [6.45, 7) is 7.81. The van der Waals surface area contributed by atoms with Crippen molar-refractivity contribution in [3.05, 3.63) is 45.6 Å². The molecule has 0 unspecified atom stereocenters. The van der Waals surface area contributed by atoms with Crippen LogP contribution in [-0.4, -0.2) is 42.8 Å². The molecule has 1 saturated heterocycles. The molecule has 1 fully saturated rings. The fourth-order valence-electron chi connectivity index (χ4n) is 2.90. The van der Waals surface area contributed by atoms with Crippen LogP contribution in [0.1, 0.15) is 11.8 Å². The molecule has 1 aliphatic rings. The molecular weight excluding hydrogens is 374 g/mol. The maximum atomic E-state index is 6.01. The number of benzene rings is 1. The summed E-state index contributed by atoms with van der Waals surface area (Å²) in [4.78, 5) is 5.18. The summed E-state index contributed by atoms with van der Waals surface area (Å²) in [7, 11) is 0. The van der Waals surface area contributed by atoms with Crippen molar-refractivity contribution in [3.63, 3.8) is 0 Å². The van der Waals surface area contributed by atoms with E-state index < -0.39 is 0 Å². The van der Waals surface area contributed by atoms with Gasteiger partial charge in [-0.05, 0) is 55.5 Å². The standard InChI is InChI=1S/C18H22ClN3OS2/c1-2-23-15-5-3-14(4-6-15)20-18(24)22-11-9-21(10-12-22)13-16-7-8-17(19)25-16/h3-8H,2,9-13H2,1H3,(H,20,24)/p+1. The highest BCUT2D eigenvalue weighted by Gasteiger charge is 2.22. The quantitative estimate of drug-likeness (QED) is 0.760. The van der Waals surface area contributed by atoms with Gasteiger partial charge in [0.05, 0.1) is 42.0 Å². The number of nitrogens with zero attached hydrogens (tertiary/aromatic N) is 1. The molecule has 0 atom stereocenters. The molecule has 0 spiro atoms. The number of ether oxygens (including phenoxy) is 1. The van der Waals surface area contributed by atoms with Crippen molar-refractivity contribution >= 4 is 46.0 Å². The van der Waals surface area contributed by atoms with E-state index in [-0.39, 0.29) is 0 Å². The van der Waals surface area contributed by atoms with E-state index >= 15 is 0 Å². The van der Waals surface area contributed by atoms with E-state index in [0.717, 1.165) is 53.6 Å². The normalized spacial score (nSPS) is 15.2. The summed E-state index contributed by atoms with van der Waals surface area (Å²) in [5.41, 5.74) is 0.997. The second-order valence-corrected chi connectivity index (χ2v) is 8.19. The van der Waals surface area contributed by atoms with Crippen molar-refractivity contribution in [2.45, 2.75) is 13.5 Å². The van der Waals surface area contributed by atoms with Crippen LogP contribution in [0.5, 0.6) is 5.75 Å². The molecule has 134 valence electrons. The number of quaternary nitrogens is 1. The van der Waals surface area contributed by atoms with Crippen LogP contribution in [0.3, 0.4) is 0 Å². The maximum Gasteiger partial charge on any atom is 0.173 e. The minimum atomic E-state index is 0.676. The van der Waals surface area contributed by atoms with Crippen molar-refractivity contribution in [2.24, 2.45) is 0 Å². The lowest BCUT2D eigenvalue weighted by Crippen LogP contribution is -3.13. The number of halogens is 1. The van der Waals surface area contributed by atoms with Crippen LogP contribution in [0, 0.1) is 0 Å². The fourth-order valence-corrected chi connectivity index (χ4v) is 4.36. The largest absolute Gasteiger partial charge is 0.494 e. The molecule has 1 aromatic heterocycles. The van der Waals surface area contributed by atoms with Crippen LogP contribution in [0.25, 0.3) is 0 Å². The number of thiophene rings is 1. The number of thiocarbonyl (C=S) groups is 1. The second-order valence-electron chi connectivity index (χ2n) is 6.01. The van der Waals surface area contributed by atoms with Gasteiger partial charge >= 0.3 is 0 Å². The fraction of sp³-hybridized carbons (Fsp3) is 0.389. The smallest absolute Gasteiger partial charge is 0.173 e. The van der Waals surface area contributed by atoms with E-state index in [4.69, 9.17) is 28.6 Å². The minimum absolute atomic E-state index is 0.676. The van der Waals surface area contributed by atoms with Crippen LogP contribution in [0.4, 0.5) is 5.69 Å². The van der Waals surface area contributed by atoms with Crippen LogP contribution in [-0.2, 0) is 6.54 Å². The van der Waals surface area contributed by atoms with Gasteiger partial charge in [0.1, 0.15) is 12.3 Å². The zero-order valence-corrected chi connectivity index (χ0v) is 16.6. The van der Waals surface area contributed by atoms with Gasteiger partial charge in [0.15, 0.2) is 5.11 Å². The Morgan fingerprint density at radius 3 is 2.56 bits per heavy atom. The topological polar surface area (TPSA) is 28.9 Å². The molecule has 2 aromatic rings.